The number of methoxy groups -OCH3 is 1. The summed E-state index contributed by atoms with van der Waals surface area (Å²) in [5.41, 5.74) is -0.393. The van der Waals surface area contributed by atoms with Gasteiger partial charge < -0.3 is 19.7 Å². The van der Waals surface area contributed by atoms with E-state index in [9.17, 15) is 9.59 Å². The molecule has 9 heteroatoms. The third-order valence-corrected chi connectivity index (χ3v) is 6.50. The number of carbonyl (C=O) groups excluding carboxylic acids is 2. The summed E-state index contributed by atoms with van der Waals surface area (Å²) in [7, 11) is 1.51. The van der Waals surface area contributed by atoms with E-state index < -0.39 is 16.8 Å². The Balaban J connectivity index is 1.48. The third-order valence-electron chi connectivity index (χ3n) is 6.50. The Bertz CT molecular complexity index is 1090. The van der Waals surface area contributed by atoms with Crippen LogP contribution in [-0.4, -0.2) is 72.2 Å². The lowest BCUT2D eigenvalue weighted by molar-refractivity contribution is -0.120. The van der Waals surface area contributed by atoms with Crippen molar-refractivity contribution < 1.29 is 23.5 Å². The monoisotopic (exact) mass is 484 g/mol. The number of piperazine rings is 1. The van der Waals surface area contributed by atoms with Crippen molar-refractivity contribution in [2.24, 2.45) is 0 Å². The molecule has 2 aliphatic rings. The van der Waals surface area contributed by atoms with Crippen LogP contribution in [0.25, 0.3) is 0 Å². The first-order chi connectivity index (χ1) is 16.6. The van der Waals surface area contributed by atoms with Gasteiger partial charge in [-0.25, -0.2) is 14.2 Å². The molecule has 1 atom stereocenters. The Morgan fingerprint density at radius 2 is 1.86 bits per heavy atom. The van der Waals surface area contributed by atoms with Crippen LogP contribution in [0.2, 0.25) is 0 Å². The predicted octanol–water partition coefficient (Wildman–Crippen LogP) is 3.80. The number of ether oxygens (including phenoxy) is 2. The Morgan fingerprint density at radius 1 is 1.14 bits per heavy atom. The number of anilines is 1. The summed E-state index contributed by atoms with van der Waals surface area (Å²) in [5, 5.41) is 2.90. The van der Waals surface area contributed by atoms with Gasteiger partial charge in [-0.05, 0) is 52.3 Å². The molecule has 0 saturated carbocycles. The van der Waals surface area contributed by atoms with Crippen molar-refractivity contribution in [2.75, 3.05) is 45.2 Å². The van der Waals surface area contributed by atoms with Crippen LogP contribution in [0, 0.1) is 5.82 Å². The number of hydrogen-bond donors (Lipinski definition) is 1. The lowest BCUT2D eigenvalue weighted by Gasteiger charge is -2.36. The van der Waals surface area contributed by atoms with Gasteiger partial charge >= 0.3 is 6.09 Å². The van der Waals surface area contributed by atoms with Crippen molar-refractivity contribution >= 4 is 17.7 Å². The van der Waals surface area contributed by atoms with Crippen LogP contribution >= 0.6 is 0 Å². The van der Waals surface area contributed by atoms with Crippen LogP contribution in [-0.2, 0) is 14.9 Å². The SMILES string of the molecule is COc1ccc2c(n1)C(CCCN1CCN(C(=O)OC(C)(C)C)CC1)(c1ccccc1F)C(=O)N2. The summed E-state index contributed by atoms with van der Waals surface area (Å²) in [6.07, 6.45) is 0.737. The second-order valence-electron chi connectivity index (χ2n) is 10.0. The second-order valence-corrected chi connectivity index (χ2v) is 10.0. The topological polar surface area (TPSA) is 84.0 Å². The Kier molecular flexibility index (Phi) is 6.98. The van der Waals surface area contributed by atoms with Crippen molar-refractivity contribution in [1.29, 1.82) is 0 Å². The van der Waals surface area contributed by atoms with Crippen molar-refractivity contribution in [3.8, 4) is 5.88 Å². The summed E-state index contributed by atoms with van der Waals surface area (Å²) in [6.45, 7) is 8.86. The summed E-state index contributed by atoms with van der Waals surface area (Å²) < 4.78 is 25.8. The number of rotatable bonds is 6. The quantitative estimate of drug-likeness (QED) is 0.672. The fourth-order valence-electron chi connectivity index (χ4n) is 4.79. The average molecular weight is 485 g/mol. The summed E-state index contributed by atoms with van der Waals surface area (Å²) in [6, 6.07) is 9.81. The number of nitrogens with zero attached hydrogens (tertiary/aromatic N) is 3. The van der Waals surface area contributed by atoms with Gasteiger partial charge in [0, 0.05) is 37.8 Å². The van der Waals surface area contributed by atoms with E-state index in [-0.39, 0.29) is 12.0 Å². The van der Waals surface area contributed by atoms with Gasteiger partial charge in [-0.15, -0.1) is 0 Å². The Labute approximate surface area is 205 Å². The highest BCUT2D eigenvalue weighted by atomic mass is 19.1. The number of hydrogen-bond acceptors (Lipinski definition) is 6. The summed E-state index contributed by atoms with van der Waals surface area (Å²) in [5.74, 6) is -0.349. The van der Waals surface area contributed by atoms with Crippen molar-refractivity contribution in [3.63, 3.8) is 0 Å². The molecule has 188 valence electrons. The zero-order valence-electron chi connectivity index (χ0n) is 20.8. The van der Waals surface area contributed by atoms with Crippen LogP contribution in [0.1, 0.15) is 44.9 Å². The predicted molar refractivity (Wildman–Crippen MR) is 130 cm³/mol. The molecular weight excluding hydrogens is 451 g/mol. The summed E-state index contributed by atoms with van der Waals surface area (Å²) >= 11 is 0. The molecule has 8 nitrogen and oxygen atoms in total. The van der Waals surface area contributed by atoms with Gasteiger partial charge in [0.15, 0.2) is 0 Å². The molecule has 1 fully saturated rings. The van der Waals surface area contributed by atoms with Crippen LogP contribution in [0.5, 0.6) is 5.88 Å². The summed E-state index contributed by atoms with van der Waals surface area (Å²) in [4.78, 5) is 34.3. The normalized spacial score (nSPS) is 20.4. The van der Waals surface area contributed by atoms with E-state index >= 15 is 4.39 Å². The van der Waals surface area contributed by atoms with Gasteiger partial charge in [0.05, 0.1) is 18.5 Å². The first-order valence-electron chi connectivity index (χ1n) is 12.0. The molecule has 1 aromatic carbocycles. The van der Waals surface area contributed by atoms with Crippen LogP contribution in [0.4, 0.5) is 14.9 Å². The van der Waals surface area contributed by atoms with E-state index in [1.807, 2.05) is 20.8 Å². The van der Waals surface area contributed by atoms with E-state index in [1.54, 1.807) is 35.2 Å². The number of halogens is 1. The van der Waals surface area contributed by atoms with E-state index in [4.69, 9.17) is 9.47 Å². The molecule has 0 spiro atoms. The number of amides is 2. The number of benzene rings is 1. The number of nitrogens with one attached hydrogen (secondary N) is 1. The first-order valence-corrected chi connectivity index (χ1v) is 12.0. The molecule has 0 bridgehead atoms. The highest BCUT2D eigenvalue weighted by molar-refractivity contribution is 6.08. The minimum atomic E-state index is -1.24. The molecule has 2 aromatic rings. The fraction of sp³-hybridized carbons (Fsp3) is 0.500. The van der Waals surface area contributed by atoms with E-state index in [0.717, 1.165) is 0 Å². The van der Waals surface area contributed by atoms with Gasteiger partial charge in [-0.1, -0.05) is 18.2 Å². The fourth-order valence-corrected chi connectivity index (χ4v) is 4.79. The Hall–Kier alpha value is -3.20. The largest absolute Gasteiger partial charge is 0.481 e. The zero-order chi connectivity index (χ0) is 25.2. The maximum Gasteiger partial charge on any atom is 0.410 e. The molecule has 0 aliphatic carbocycles. The van der Waals surface area contributed by atoms with Gasteiger partial charge in [0.1, 0.15) is 16.8 Å². The molecular formula is C26H33FN4O4. The van der Waals surface area contributed by atoms with E-state index in [0.29, 0.717) is 68.4 Å². The van der Waals surface area contributed by atoms with Gasteiger partial charge in [-0.3, -0.25) is 9.69 Å². The molecule has 35 heavy (non-hydrogen) atoms. The lowest BCUT2D eigenvalue weighted by atomic mass is 9.74. The number of aromatic nitrogens is 1. The molecule has 2 aliphatic heterocycles. The molecule has 1 saturated heterocycles. The highest BCUT2D eigenvalue weighted by Gasteiger charge is 2.51. The molecule has 3 heterocycles. The molecule has 1 unspecified atom stereocenters. The molecule has 0 radical (unpaired) electrons. The zero-order valence-corrected chi connectivity index (χ0v) is 20.8. The molecule has 2 amide bonds. The smallest absolute Gasteiger partial charge is 0.410 e. The Morgan fingerprint density at radius 3 is 2.51 bits per heavy atom. The molecule has 1 N–H and O–H groups in total. The van der Waals surface area contributed by atoms with Crippen LogP contribution in [0.15, 0.2) is 36.4 Å². The van der Waals surface area contributed by atoms with E-state index in [1.165, 1.54) is 13.2 Å². The average Bonchev–Trinajstić information content (AvgIpc) is 3.09. The van der Waals surface area contributed by atoms with Crippen LogP contribution in [0.3, 0.4) is 0 Å². The number of pyridine rings is 1. The van der Waals surface area contributed by atoms with Crippen molar-refractivity contribution in [3.05, 3.63) is 53.5 Å². The first kappa shape index (κ1) is 24.9. The number of fused-ring (bicyclic) bond motifs is 1. The maximum atomic E-state index is 15.1. The number of carbonyl (C=O) groups is 2. The van der Waals surface area contributed by atoms with Gasteiger partial charge in [-0.2, -0.15) is 0 Å². The standard InChI is InChI=1S/C26H33FN4O4/c1-25(2,3)35-24(33)31-16-14-30(15-17-31)13-7-12-26(18-8-5-6-9-19(18)27)22-20(28-23(26)32)10-11-21(29-22)34-4/h5-6,8-11H,7,12-17H2,1-4H3,(H,28,32). The van der Waals surface area contributed by atoms with Crippen molar-refractivity contribution in [2.45, 2.75) is 44.6 Å². The van der Waals surface area contributed by atoms with Gasteiger partial charge in [0.25, 0.3) is 0 Å². The van der Waals surface area contributed by atoms with Crippen molar-refractivity contribution in [1.82, 2.24) is 14.8 Å². The lowest BCUT2D eigenvalue weighted by Crippen LogP contribution is -2.50. The molecule has 1 aromatic heterocycles. The van der Waals surface area contributed by atoms with Gasteiger partial charge in [0.2, 0.25) is 11.8 Å². The van der Waals surface area contributed by atoms with E-state index in [2.05, 4.69) is 15.2 Å². The second kappa shape index (κ2) is 9.81. The highest BCUT2D eigenvalue weighted by Crippen LogP contribution is 2.46. The minimum Gasteiger partial charge on any atom is -0.481 e. The van der Waals surface area contributed by atoms with Crippen LogP contribution < -0.4 is 10.1 Å². The maximum absolute atomic E-state index is 15.1. The third kappa shape index (κ3) is 5.10. The minimum absolute atomic E-state index is 0.284. The molecule has 4 rings (SSSR count).